The molecule has 5 heteroatoms. The van der Waals surface area contributed by atoms with Crippen molar-refractivity contribution in [1.29, 1.82) is 0 Å². The Balaban J connectivity index is 1.81. The van der Waals surface area contributed by atoms with Gasteiger partial charge in [-0.25, -0.2) is 4.79 Å². The Bertz CT molecular complexity index is 892. The summed E-state index contributed by atoms with van der Waals surface area (Å²) in [7, 11) is 0. The third-order valence-electron chi connectivity index (χ3n) is 3.37. The van der Waals surface area contributed by atoms with Crippen molar-refractivity contribution < 1.29 is 9.53 Å². The quantitative estimate of drug-likeness (QED) is 0.318. The highest BCUT2D eigenvalue weighted by molar-refractivity contribution is 7.20. The molecule has 3 rings (SSSR count). The van der Waals surface area contributed by atoms with E-state index < -0.39 is 5.97 Å². The van der Waals surface area contributed by atoms with Gasteiger partial charge in [0.1, 0.15) is 0 Å². The first kappa shape index (κ1) is 16.1. The van der Waals surface area contributed by atoms with Gasteiger partial charge in [-0.3, -0.25) is 0 Å². The van der Waals surface area contributed by atoms with Crippen molar-refractivity contribution in [2.75, 3.05) is 0 Å². The Hall–Kier alpha value is -1.81. The van der Waals surface area contributed by atoms with Crippen LogP contribution < -0.4 is 4.74 Å². The molecule has 0 fully saturated rings. The van der Waals surface area contributed by atoms with E-state index in [1.54, 1.807) is 35.6 Å². The maximum absolute atomic E-state index is 12.0. The molecule has 0 aliphatic rings. The lowest BCUT2D eigenvalue weighted by molar-refractivity contribution is -0.128. The molecule has 2 nitrogen and oxygen atoms in total. The van der Waals surface area contributed by atoms with E-state index in [1.165, 1.54) is 16.2 Å². The predicted molar refractivity (Wildman–Crippen MR) is 97.7 cm³/mol. The molecule has 1 heterocycles. The Kier molecular flexibility index (Phi) is 4.71. The van der Waals surface area contributed by atoms with Crippen molar-refractivity contribution in [3.8, 4) is 5.75 Å². The summed E-state index contributed by atoms with van der Waals surface area (Å²) in [5, 5.41) is 1.80. The molecule has 0 aliphatic carbocycles. The second-order valence-electron chi connectivity index (χ2n) is 4.89. The van der Waals surface area contributed by atoms with Crippen LogP contribution in [0.4, 0.5) is 0 Å². The van der Waals surface area contributed by atoms with Gasteiger partial charge in [0, 0.05) is 15.7 Å². The highest BCUT2D eigenvalue weighted by Gasteiger charge is 2.11. The van der Waals surface area contributed by atoms with Crippen LogP contribution in [0, 0.1) is 6.92 Å². The number of ether oxygens (including phenoxy) is 1. The van der Waals surface area contributed by atoms with Crippen molar-refractivity contribution >= 4 is 56.7 Å². The molecule has 0 radical (unpaired) electrons. The SMILES string of the molecule is Cc1c(C=CC(=O)Oc2c(Cl)cccc2Cl)sc2ccccc12. The van der Waals surface area contributed by atoms with Gasteiger partial charge in [-0.1, -0.05) is 47.5 Å². The van der Waals surface area contributed by atoms with Crippen LogP contribution in [0.1, 0.15) is 10.4 Å². The molecule has 0 atom stereocenters. The average molecular weight is 363 g/mol. The van der Waals surface area contributed by atoms with Crippen molar-refractivity contribution in [2.45, 2.75) is 6.92 Å². The molecule has 2 aromatic carbocycles. The number of thiophene rings is 1. The number of hydrogen-bond donors (Lipinski definition) is 0. The molecule has 0 amide bonds. The molecular weight excluding hydrogens is 351 g/mol. The minimum absolute atomic E-state index is 0.179. The van der Waals surface area contributed by atoms with Gasteiger partial charge < -0.3 is 4.74 Å². The number of carbonyl (C=O) groups excluding carboxylic acids is 1. The maximum atomic E-state index is 12.0. The van der Waals surface area contributed by atoms with Gasteiger partial charge in [0.15, 0.2) is 5.75 Å². The van der Waals surface area contributed by atoms with Crippen molar-refractivity contribution in [2.24, 2.45) is 0 Å². The zero-order chi connectivity index (χ0) is 16.4. The number of esters is 1. The molecule has 1 aromatic heterocycles. The van der Waals surface area contributed by atoms with Gasteiger partial charge in [0.05, 0.1) is 10.0 Å². The fraction of sp³-hybridized carbons (Fsp3) is 0.0556. The Morgan fingerprint density at radius 1 is 1.09 bits per heavy atom. The summed E-state index contributed by atoms with van der Waals surface area (Å²) >= 11 is 13.6. The molecule has 116 valence electrons. The number of aryl methyl sites for hydroxylation is 1. The third-order valence-corrected chi connectivity index (χ3v) is 5.21. The van der Waals surface area contributed by atoms with Crippen LogP contribution in [-0.2, 0) is 4.79 Å². The zero-order valence-electron chi connectivity index (χ0n) is 12.2. The first-order chi connectivity index (χ1) is 11.1. The van der Waals surface area contributed by atoms with Crippen LogP contribution >= 0.6 is 34.5 Å². The van der Waals surface area contributed by atoms with Gasteiger partial charge in [-0.15, -0.1) is 11.3 Å². The standard InChI is InChI=1S/C18H12Cl2O2S/c1-11-12-5-2-3-8-16(12)23-15(11)9-10-17(21)22-18-13(19)6-4-7-14(18)20/h2-10H,1H3. The predicted octanol–water partition coefficient (Wildman–Crippen LogP) is 6.14. The molecular formula is C18H12Cl2O2S. The summed E-state index contributed by atoms with van der Waals surface area (Å²) in [6.45, 7) is 2.04. The second kappa shape index (κ2) is 6.75. The molecule has 0 aliphatic heterocycles. The molecule has 3 aromatic rings. The molecule has 0 spiro atoms. The van der Waals surface area contributed by atoms with Gasteiger partial charge in [0.25, 0.3) is 0 Å². The van der Waals surface area contributed by atoms with Crippen LogP contribution in [0.5, 0.6) is 5.75 Å². The topological polar surface area (TPSA) is 26.3 Å². The Morgan fingerprint density at radius 2 is 1.78 bits per heavy atom. The lowest BCUT2D eigenvalue weighted by Crippen LogP contribution is -2.04. The second-order valence-corrected chi connectivity index (χ2v) is 6.79. The third kappa shape index (κ3) is 3.42. The van der Waals surface area contributed by atoms with Crippen LogP contribution in [0.2, 0.25) is 10.0 Å². The van der Waals surface area contributed by atoms with E-state index in [-0.39, 0.29) is 5.75 Å². The Labute approximate surface area is 147 Å². The molecule has 23 heavy (non-hydrogen) atoms. The van der Waals surface area contributed by atoms with Crippen molar-refractivity contribution in [3.63, 3.8) is 0 Å². The van der Waals surface area contributed by atoms with Gasteiger partial charge >= 0.3 is 5.97 Å². The summed E-state index contributed by atoms with van der Waals surface area (Å²) in [6.07, 6.45) is 3.14. The first-order valence-electron chi connectivity index (χ1n) is 6.88. The number of carbonyl (C=O) groups is 1. The van der Waals surface area contributed by atoms with Gasteiger partial charge in [-0.05, 0) is 42.1 Å². The van der Waals surface area contributed by atoms with E-state index >= 15 is 0 Å². The summed E-state index contributed by atoms with van der Waals surface area (Å²) in [5.41, 5.74) is 1.14. The van der Waals surface area contributed by atoms with Gasteiger partial charge in [0.2, 0.25) is 0 Å². The molecule has 0 bridgehead atoms. The minimum atomic E-state index is -0.517. The van der Waals surface area contributed by atoms with Crippen molar-refractivity contribution in [1.82, 2.24) is 0 Å². The summed E-state index contributed by atoms with van der Waals surface area (Å²) in [6, 6.07) is 13.1. The molecule has 0 unspecified atom stereocenters. The lowest BCUT2D eigenvalue weighted by Gasteiger charge is -2.05. The monoisotopic (exact) mass is 362 g/mol. The fourth-order valence-electron chi connectivity index (χ4n) is 2.21. The minimum Gasteiger partial charge on any atom is -0.420 e. The first-order valence-corrected chi connectivity index (χ1v) is 8.45. The average Bonchev–Trinajstić information content (AvgIpc) is 2.86. The number of hydrogen-bond acceptors (Lipinski definition) is 3. The highest BCUT2D eigenvalue weighted by Crippen LogP contribution is 2.33. The summed E-state index contributed by atoms with van der Waals surface area (Å²) in [5.74, 6) is -0.338. The van der Waals surface area contributed by atoms with Gasteiger partial charge in [-0.2, -0.15) is 0 Å². The highest BCUT2D eigenvalue weighted by atomic mass is 35.5. The van der Waals surface area contributed by atoms with E-state index in [0.29, 0.717) is 10.0 Å². The number of fused-ring (bicyclic) bond motifs is 1. The largest absolute Gasteiger partial charge is 0.420 e. The molecule has 0 N–H and O–H groups in total. The Morgan fingerprint density at radius 3 is 2.48 bits per heavy atom. The molecule has 0 saturated heterocycles. The maximum Gasteiger partial charge on any atom is 0.336 e. The van der Waals surface area contributed by atoms with E-state index in [2.05, 4.69) is 12.1 Å². The van der Waals surface area contributed by atoms with E-state index in [1.807, 2.05) is 19.1 Å². The van der Waals surface area contributed by atoms with Crippen molar-refractivity contribution in [3.05, 3.63) is 69.0 Å². The van der Waals surface area contributed by atoms with E-state index in [0.717, 1.165) is 10.4 Å². The number of para-hydroxylation sites is 1. The van der Waals surface area contributed by atoms with Crippen LogP contribution in [-0.4, -0.2) is 5.97 Å². The van der Waals surface area contributed by atoms with Crippen LogP contribution in [0.15, 0.2) is 48.5 Å². The van der Waals surface area contributed by atoms with E-state index in [9.17, 15) is 4.79 Å². The zero-order valence-corrected chi connectivity index (χ0v) is 14.5. The number of halogens is 2. The number of benzene rings is 2. The lowest BCUT2D eigenvalue weighted by atomic mass is 10.1. The smallest absolute Gasteiger partial charge is 0.336 e. The normalized spacial score (nSPS) is 11.3. The number of rotatable bonds is 3. The summed E-state index contributed by atoms with van der Waals surface area (Å²) in [4.78, 5) is 13.0. The van der Waals surface area contributed by atoms with Crippen LogP contribution in [0.3, 0.4) is 0 Å². The summed E-state index contributed by atoms with van der Waals surface area (Å²) < 4.78 is 6.41. The van der Waals surface area contributed by atoms with Crippen LogP contribution in [0.25, 0.3) is 16.2 Å². The van der Waals surface area contributed by atoms with E-state index in [4.69, 9.17) is 27.9 Å². The fourth-order valence-corrected chi connectivity index (χ4v) is 3.80. The molecule has 0 saturated carbocycles.